The molecule has 1 amide bonds. The maximum absolute atomic E-state index is 12.3. The molecule has 5 nitrogen and oxygen atoms in total. The van der Waals surface area contributed by atoms with Crippen LogP contribution in [0.3, 0.4) is 0 Å². The summed E-state index contributed by atoms with van der Waals surface area (Å²) in [5, 5.41) is 2.73. The highest BCUT2D eigenvalue weighted by Gasteiger charge is 2.18. The molecule has 5 heteroatoms. The zero-order valence-electron chi connectivity index (χ0n) is 16.8. The van der Waals surface area contributed by atoms with E-state index in [2.05, 4.69) is 19.2 Å². The molecule has 2 aromatic rings. The van der Waals surface area contributed by atoms with Gasteiger partial charge >= 0.3 is 5.97 Å². The quantitative estimate of drug-likeness (QED) is 0.527. The van der Waals surface area contributed by atoms with Crippen molar-refractivity contribution in [1.29, 1.82) is 0 Å². The number of hydrogen-bond donors (Lipinski definition) is 1. The summed E-state index contributed by atoms with van der Waals surface area (Å²) in [6, 6.07) is 15.1. The largest absolute Gasteiger partial charge is 0.492 e. The Morgan fingerprint density at radius 2 is 1.71 bits per heavy atom. The maximum Gasteiger partial charge on any atom is 0.331 e. The van der Waals surface area contributed by atoms with E-state index in [-0.39, 0.29) is 0 Å². The standard InChI is InChI=1S/C23H27NO4/c1-5-27-21-9-7-6-8-20(21)24-23(26)17(4)28-22(25)15-12-18-10-13-19(14-11-18)16(2)3/h6-17H,5H2,1-4H3,(H,24,26)/b15-12+. The first-order valence-corrected chi connectivity index (χ1v) is 9.42. The van der Waals surface area contributed by atoms with Gasteiger partial charge in [-0.05, 0) is 49.1 Å². The Hall–Kier alpha value is -3.08. The fourth-order valence-electron chi connectivity index (χ4n) is 2.51. The molecule has 0 spiro atoms. The molecule has 1 atom stereocenters. The predicted molar refractivity (Wildman–Crippen MR) is 111 cm³/mol. The van der Waals surface area contributed by atoms with Crippen molar-refractivity contribution in [3.8, 4) is 5.75 Å². The Kier molecular flexibility index (Phi) is 7.81. The summed E-state index contributed by atoms with van der Waals surface area (Å²) in [5.41, 5.74) is 2.67. The van der Waals surface area contributed by atoms with E-state index < -0.39 is 18.0 Å². The van der Waals surface area contributed by atoms with Crippen LogP contribution in [0.2, 0.25) is 0 Å². The van der Waals surface area contributed by atoms with Gasteiger partial charge in [0.2, 0.25) is 0 Å². The van der Waals surface area contributed by atoms with Gasteiger partial charge in [0.15, 0.2) is 6.10 Å². The Labute approximate surface area is 166 Å². The van der Waals surface area contributed by atoms with Gasteiger partial charge in [-0.25, -0.2) is 4.79 Å². The van der Waals surface area contributed by atoms with Crippen LogP contribution >= 0.6 is 0 Å². The third-order valence-electron chi connectivity index (χ3n) is 4.12. The zero-order valence-corrected chi connectivity index (χ0v) is 16.8. The number of amides is 1. The highest BCUT2D eigenvalue weighted by atomic mass is 16.5. The lowest BCUT2D eigenvalue weighted by Gasteiger charge is -2.15. The number of nitrogens with one attached hydrogen (secondary N) is 1. The highest BCUT2D eigenvalue weighted by molar-refractivity contribution is 5.97. The van der Waals surface area contributed by atoms with Crippen molar-refractivity contribution in [3.05, 3.63) is 65.7 Å². The average molecular weight is 381 g/mol. The zero-order chi connectivity index (χ0) is 20.5. The number of hydrogen-bond acceptors (Lipinski definition) is 4. The fourth-order valence-corrected chi connectivity index (χ4v) is 2.51. The van der Waals surface area contributed by atoms with Crippen molar-refractivity contribution >= 4 is 23.6 Å². The molecule has 1 unspecified atom stereocenters. The molecule has 0 aliphatic carbocycles. The first-order chi connectivity index (χ1) is 13.4. The molecule has 28 heavy (non-hydrogen) atoms. The second-order valence-electron chi connectivity index (χ2n) is 6.65. The van der Waals surface area contributed by atoms with Crippen molar-refractivity contribution in [2.75, 3.05) is 11.9 Å². The number of ether oxygens (including phenoxy) is 2. The number of rotatable bonds is 8. The van der Waals surface area contributed by atoms with Gasteiger partial charge < -0.3 is 14.8 Å². The Morgan fingerprint density at radius 1 is 1.04 bits per heavy atom. The molecule has 0 radical (unpaired) electrons. The van der Waals surface area contributed by atoms with E-state index in [4.69, 9.17) is 9.47 Å². The number of carbonyl (C=O) groups is 2. The highest BCUT2D eigenvalue weighted by Crippen LogP contribution is 2.24. The predicted octanol–water partition coefficient (Wildman–Crippen LogP) is 4.79. The van der Waals surface area contributed by atoms with E-state index in [0.717, 1.165) is 5.56 Å². The summed E-state index contributed by atoms with van der Waals surface area (Å²) in [6.45, 7) is 8.14. The van der Waals surface area contributed by atoms with Crippen molar-refractivity contribution in [1.82, 2.24) is 0 Å². The normalized spacial score (nSPS) is 12.0. The number of carbonyl (C=O) groups excluding carboxylic acids is 2. The molecule has 0 aliphatic heterocycles. The number of benzene rings is 2. The van der Waals surface area contributed by atoms with Crippen LogP contribution < -0.4 is 10.1 Å². The van der Waals surface area contributed by atoms with E-state index in [9.17, 15) is 9.59 Å². The first-order valence-electron chi connectivity index (χ1n) is 9.42. The van der Waals surface area contributed by atoms with E-state index in [0.29, 0.717) is 24.0 Å². The molecule has 1 N–H and O–H groups in total. The molecule has 0 aliphatic rings. The summed E-state index contributed by atoms with van der Waals surface area (Å²) in [6.07, 6.45) is 2.05. The Balaban J connectivity index is 1.91. The van der Waals surface area contributed by atoms with Crippen LogP contribution in [0.5, 0.6) is 5.75 Å². The van der Waals surface area contributed by atoms with Crippen LogP contribution in [-0.4, -0.2) is 24.6 Å². The van der Waals surface area contributed by atoms with Crippen LogP contribution in [0, 0.1) is 0 Å². The van der Waals surface area contributed by atoms with E-state index in [1.54, 1.807) is 24.3 Å². The third kappa shape index (κ3) is 6.27. The molecule has 0 aromatic heterocycles. The SMILES string of the molecule is CCOc1ccccc1NC(=O)C(C)OC(=O)/C=C/c1ccc(C(C)C)cc1. The van der Waals surface area contributed by atoms with Crippen LogP contribution in [0.1, 0.15) is 44.7 Å². The minimum absolute atomic E-state index is 0.421. The second-order valence-corrected chi connectivity index (χ2v) is 6.65. The van der Waals surface area contributed by atoms with Crippen molar-refractivity contribution in [2.24, 2.45) is 0 Å². The minimum Gasteiger partial charge on any atom is -0.492 e. The summed E-state index contributed by atoms with van der Waals surface area (Å²) >= 11 is 0. The van der Waals surface area contributed by atoms with Crippen LogP contribution in [0.15, 0.2) is 54.6 Å². The van der Waals surface area contributed by atoms with Crippen LogP contribution in [0.25, 0.3) is 6.08 Å². The minimum atomic E-state index is -0.935. The second kappa shape index (κ2) is 10.3. The monoisotopic (exact) mass is 381 g/mol. The topological polar surface area (TPSA) is 64.6 Å². The lowest BCUT2D eigenvalue weighted by atomic mass is 10.0. The van der Waals surface area contributed by atoms with Gasteiger partial charge in [0.25, 0.3) is 5.91 Å². The third-order valence-corrected chi connectivity index (χ3v) is 4.12. The van der Waals surface area contributed by atoms with E-state index in [1.807, 2.05) is 37.3 Å². The Morgan fingerprint density at radius 3 is 2.36 bits per heavy atom. The molecule has 0 saturated carbocycles. The van der Waals surface area contributed by atoms with Gasteiger partial charge in [-0.15, -0.1) is 0 Å². The van der Waals surface area contributed by atoms with Crippen molar-refractivity contribution in [2.45, 2.75) is 39.7 Å². The number of esters is 1. The molecular formula is C23H27NO4. The summed E-state index contributed by atoms with van der Waals surface area (Å²) < 4.78 is 10.7. The van der Waals surface area contributed by atoms with Gasteiger partial charge in [0.05, 0.1) is 12.3 Å². The summed E-state index contributed by atoms with van der Waals surface area (Å²) in [4.78, 5) is 24.3. The summed E-state index contributed by atoms with van der Waals surface area (Å²) in [7, 11) is 0. The molecule has 0 heterocycles. The average Bonchev–Trinajstić information content (AvgIpc) is 2.68. The summed E-state index contributed by atoms with van der Waals surface area (Å²) in [5.74, 6) is 0.0284. The van der Waals surface area contributed by atoms with Crippen molar-refractivity contribution in [3.63, 3.8) is 0 Å². The van der Waals surface area contributed by atoms with Crippen LogP contribution in [0.4, 0.5) is 5.69 Å². The van der Waals surface area contributed by atoms with Crippen LogP contribution in [-0.2, 0) is 14.3 Å². The van der Waals surface area contributed by atoms with Gasteiger partial charge in [0, 0.05) is 6.08 Å². The van der Waals surface area contributed by atoms with Gasteiger partial charge in [-0.2, -0.15) is 0 Å². The molecule has 148 valence electrons. The fraction of sp³-hybridized carbons (Fsp3) is 0.304. The number of anilines is 1. The van der Waals surface area contributed by atoms with Gasteiger partial charge in [0.1, 0.15) is 5.75 Å². The molecule has 0 fully saturated rings. The van der Waals surface area contributed by atoms with Crippen molar-refractivity contribution < 1.29 is 19.1 Å². The maximum atomic E-state index is 12.3. The van der Waals surface area contributed by atoms with E-state index in [1.165, 1.54) is 18.6 Å². The molecule has 0 saturated heterocycles. The van der Waals surface area contributed by atoms with E-state index >= 15 is 0 Å². The van der Waals surface area contributed by atoms with Gasteiger partial charge in [-0.3, -0.25) is 4.79 Å². The smallest absolute Gasteiger partial charge is 0.331 e. The lowest BCUT2D eigenvalue weighted by molar-refractivity contribution is -0.148. The molecule has 0 bridgehead atoms. The Bertz CT molecular complexity index is 825. The molecular weight excluding hydrogens is 354 g/mol. The number of para-hydroxylation sites is 2. The first kappa shape index (κ1) is 21.2. The molecule has 2 aromatic carbocycles. The lowest BCUT2D eigenvalue weighted by Crippen LogP contribution is -2.29. The van der Waals surface area contributed by atoms with Gasteiger partial charge in [-0.1, -0.05) is 50.2 Å². The molecule has 2 rings (SSSR count).